The van der Waals surface area contributed by atoms with E-state index in [1.165, 1.54) is 0 Å². The summed E-state index contributed by atoms with van der Waals surface area (Å²) in [5.41, 5.74) is 3.70. The van der Waals surface area contributed by atoms with Crippen molar-refractivity contribution in [1.29, 1.82) is 0 Å². The molecule has 4 aromatic rings. The smallest absolute Gasteiger partial charge is 0.274 e. The van der Waals surface area contributed by atoms with Gasteiger partial charge in [-0.05, 0) is 69.4 Å². The van der Waals surface area contributed by atoms with Gasteiger partial charge in [-0.3, -0.25) is 9.20 Å². The summed E-state index contributed by atoms with van der Waals surface area (Å²) in [4.78, 5) is 22.0. The number of nitrogens with zero attached hydrogens (tertiary/aromatic N) is 4. The molecule has 5 rings (SSSR count). The fourth-order valence-electron chi connectivity index (χ4n) is 3.79. The Balaban J connectivity index is 1.28. The highest BCUT2D eigenvalue weighted by Gasteiger charge is 2.29. The Morgan fingerprint density at radius 2 is 2.11 bits per heavy atom. The van der Waals surface area contributed by atoms with Crippen LogP contribution in [0.5, 0.6) is 0 Å². The largest absolute Gasteiger partial charge is 0.388 e. The highest BCUT2D eigenvalue weighted by molar-refractivity contribution is 6.04. The SMILES string of the molecule is Cc1ccc(-c2noc(C3CC3)n2)cc1NC(=O)c1cnc2cc(CCOCC(C)(C)O)ccn12. The number of anilines is 1. The molecule has 0 aliphatic heterocycles. The number of nitrogens with one attached hydrogen (secondary N) is 1. The first-order valence-corrected chi connectivity index (χ1v) is 11.8. The Bertz CT molecular complexity index is 1360. The van der Waals surface area contributed by atoms with Crippen LogP contribution in [0.25, 0.3) is 17.0 Å². The van der Waals surface area contributed by atoms with Gasteiger partial charge >= 0.3 is 0 Å². The molecule has 182 valence electrons. The van der Waals surface area contributed by atoms with Crippen molar-refractivity contribution in [2.45, 2.75) is 51.6 Å². The minimum Gasteiger partial charge on any atom is -0.388 e. The molecule has 1 fully saturated rings. The van der Waals surface area contributed by atoms with E-state index in [1.807, 2.05) is 43.5 Å². The molecule has 0 saturated heterocycles. The third-order valence-corrected chi connectivity index (χ3v) is 5.91. The molecule has 9 heteroatoms. The summed E-state index contributed by atoms with van der Waals surface area (Å²) in [7, 11) is 0. The van der Waals surface area contributed by atoms with E-state index in [-0.39, 0.29) is 12.5 Å². The zero-order chi connectivity index (χ0) is 24.6. The molecule has 0 bridgehead atoms. The highest BCUT2D eigenvalue weighted by atomic mass is 16.5. The number of carbonyl (C=O) groups excluding carboxylic acids is 1. The average molecular weight is 476 g/mol. The summed E-state index contributed by atoms with van der Waals surface area (Å²) >= 11 is 0. The zero-order valence-corrected chi connectivity index (χ0v) is 20.1. The van der Waals surface area contributed by atoms with Crippen LogP contribution < -0.4 is 5.32 Å². The topological polar surface area (TPSA) is 115 Å². The molecule has 3 heterocycles. The second kappa shape index (κ2) is 9.24. The van der Waals surface area contributed by atoms with Crippen LogP contribution in [0.2, 0.25) is 0 Å². The molecule has 1 aliphatic rings. The molecule has 1 aromatic carbocycles. The van der Waals surface area contributed by atoms with Crippen molar-refractivity contribution in [3.63, 3.8) is 0 Å². The van der Waals surface area contributed by atoms with Gasteiger partial charge in [-0.25, -0.2) is 4.98 Å². The van der Waals surface area contributed by atoms with Gasteiger partial charge in [0.25, 0.3) is 5.91 Å². The van der Waals surface area contributed by atoms with Crippen molar-refractivity contribution < 1.29 is 19.2 Å². The number of pyridine rings is 1. The Morgan fingerprint density at radius 3 is 2.89 bits per heavy atom. The van der Waals surface area contributed by atoms with Crippen LogP contribution in [0.4, 0.5) is 5.69 Å². The number of fused-ring (bicyclic) bond motifs is 1. The minimum absolute atomic E-state index is 0.259. The summed E-state index contributed by atoms with van der Waals surface area (Å²) in [6.45, 7) is 6.13. The summed E-state index contributed by atoms with van der Waals surface area (Å²) < 4.78 is 12.7. The predicted molar refractivity (Wildman–Crippen MR) is 130 cm³/mol. The van der Waals surface area contributed by atoms with Crippen LogP contribution in [-0.2, 0) is 11.2 Å². The lowest BCUT2D eigenvalue weighted by atomic mass is 10.1. The second-order valence-electron chi connectivity index (χ2n) is 9.74. The first-order valence-electron chi connectivity index (χ1n) is 11.8. The molecule has 1 aliphatic carbocycles. The second-order valence-corrected chi connectivity index (χ2v) is 9.74. The van der Waals surface area contributed by atoms with E-state index < -0.39 is 5.60 Å². The van der Waals surface area contributed by atoms with Crippen molar-refractivity contribution >= 4 is 17.2 Å². The number of aryl methyl sites for hydroxylation is 1. The fourth-order valence-corrected chi connectivity index (χ4v) is 3.79. The Labute approximate surface area is 203 Å². The van der Waals surface area contributed by atoms with Crippen LogP contribution in [-0.4, -0.2) is 49.4 Å². The van der Waals surface area contributed by atoms with Crippen molar-refractivity contribution in [2.75, 3.05) is 18.5 Å². The number of hydrogen-bond donors (Lipinski definition) is 2. The summed E-state index contributed by atoms with van der Waals surface area (Å²) in [6.07, 6.45) is 6.27. The number of aromatic nitrogens is 4. The number of aliphatic hydroxyl groups is 1. The van der Waals surface area contributed by atoms with Crippen LogP contribution in [0, 0.1) is 6.92 Å². The van der Waals surface area contributed by atoms with Gasteiger partial charge in [-0.15, -0.1) is 0 Å². The van der Waals surface area contributed by atoms with E-state index in [9.17, 15) is 9.90 Å². The molecule has 1 saturated carbocycles. The number of rotatable bonds is 9. The predicted octanol–water partition coefficient (Wildman–Crippen LogP) is 4.15. The van der Waals surface area contributed by atoms with Crippen molar-refractivity contribution in [3.05, 3.63) is 65.4 Å². The lowest BCUT2D eigenvalue weighted by molar-refractivity contribution is -0.0198. The van der Waals surface area contributed by atoms with Gasteiger partial charge in [0, 0.05) is 23.4 Å². The van der Waals surface area contributed by atoms with E-state index in [0.717, 1.165) is 29.5 Å². The van der Waals surface area contributed by atoms with E-state index in [4.69, 9.17) is 9.26 Å². The lowest BCUT2D eigenvalue weighted by Crippen LogP contribution is -2.26. The molecular weight excluding hydrogens is 446 g/mol. The Morgan fingerprint density at radius 1 is 1.29 bits per heavy atom. The van der Waals surface area contributed by atoms with Crippen LogP contribution >= 0.6 is 0 Å². The maximum atomic E-state index is 13.1. The molecule has 0 unspecified atom stereocenters. The third-order valence-electron chi connectivity index (χ3n) is 5.91. The molecule has 9 nitrogen and oxygen atoms in total. The lowest BCUT2D eigenvalue weighted by Gasteiger charge is -2.16. The average Bonchev–Trinajstić information content (AvgIpc) is 3.39. The number of hydrogen-bond acceptors (Lipinski definition) is 7. The summed E-state index contributed by atoms with van der Waals surface area (Å²) in [5, 5.41) is 16.8. The Hall–Kier alpha value is -3.56. The van der Waals surface area contributed by atoms with Gasteiger partial charge in [0.1, 0.15) is 11.3 Å². The van der Waals surface area contributed by atoms with Gasteiger partial charge in [0.15, 0.2) is 0 Å². The molecule has 35 heavy (non-hydrogen) atoms. The van der Waals surface area contributed by atoms with Gasteiger partial charge in [0.2, 0.25) is 11.7 Å². The number of imidazole rings is 1. The molecule has 0 spiro atoms. The van der Waals surface area contributed by atoms with Crippen molar-refractivity contribution in [1.82, 2.24) is 19.5 Å². The Kier molecular flexibility index (Phi) is 6.12. The van der Waals surface area contributed by atoms with Gasteiger partial charge < -0.3 is 19.7 Å². The maximum Gasteiger partial charge on any atom is 0.274 e. The van der Waals surface area contributed by atoms with Gasteiger partial charge in [0.05, 0.1) is 25.0 Å². The molecule has 3 aromatic heterocycles. The van der Waals surface area contributed by atoms with E-state index in [2.05, 4.69) is 20.4 Å². The minimum atomic E-state index is -0.849. The molecule has 0 radical (unpaired) electrons. The highest BCUT2D eigenvalue weighted by Crippen LogP contribution is 2.39. The normalized spacial score (nSPS) is 13.9. The maximum absolute atomic E-state index is 13.1. The summed E-state index contributed by atoms with van der Waals surface area (Å²) in [5.74, 6) is 1.33. The van der Waals surface area contributed by atoms with Gasteiger partial charge in [-0.1, -0.05) is 17.3 Å². The number of benzene rings is 1. The number of carbonyl (C=O) groups is 1. The monoisotopic (exact) mass is 475 g/mol. The van der Waals surface area contributed by atoms with Crippen molar-refractivity contribution in [2.24, 2.45) is 0 Å². The number of amides is 1. The van der Waals surface area contributed by atoms with E-state index in [1.54, 1.807) is 24.4 Å². The van der Waals surface area contributed by atoms with E-state index in [0.29, 0.717) is 47.7 Å². The molecular formula is C26H29N5O4. The molecule has 1 amide bonds. The molecule has 0 atom stereocenters. The quantitative estimate of drug-likeness (QED) is 0.349. The first kappa shape index (κ1) is 23.2. The standard InChI is InChI=1S/C26H29N5O4/c1-16-4-5-19(23-29-25(35-30-23)18-6-7-18)13-20(16)28-24(32)21-14-27-22-12-17(8-10-31(21)22)9-11-34-15-26(2,3)33/h4-5,8,10,12-14,18,33H,6-7,9,11,15H2,1-3H3,(H,28,32). The molecule has 2 N–H and O–H groups in total. The fraction of sp³-hybridized carbons (Fsp3) is 0.385. The van der Waals surface area contributed by atoms with Crippen LogP contribution in [0.3, 0.4) is 0 Å². The van der Waals surface area contributed by atoms with Crippen molar-refractivity contribution in [3.8, 4) is 11.4 Å². The van der Waals surface area contributed by atoms with E-state index >= 15 is 0 Å². The third kappa shape index (κ3) is 5.41. The van der Waals surface area contributed by atoms with Gasteiger partial charge in [-0.2, -0.15) is 4.98 Å². The van der Waals surface area contributed by atoms with Crippen LogP contribution in [0.1, 0.15) is 60.1 Å². The summed E-state index contributed by atoms with van der Waals surface area (Å²) in [6, 6.07) is 9.60. The first-order chi connectivity index (χ1) is 16.8. The number of ether oxygens (including phenoxy) is 1. The van der Waals surface area contributed by atoms with Crippen LogP contribution in [0.15, 0.2) is 47.2 Å². The zero-order valence-electron chi connectivity index (χ0n) is 20.1.